The van der Waals surface area contributed by atoms with Crippen molar-refractivity contribution < 1.29 is 89.6 Å². The number of nitrogens with zero attached hydrogens (tertiary/aromatic N) is 4. The van der Waals surface area contributed by atoms with Gasteiger partial charge in [0.15, 0.2) is 24.4 Å². The minimum Gasteiger partial charge on any atom is -0.459 e. The molecule has 3 fully saturated rings. The molecular weight excluding hydrogens is 1140 g/mol. The Balaban J connectivity index is 0.0000132. The van der Waals surface area contributed by atoms with E-state index < -0.39 is 160 Å². The van der Waals surface area contributed by atoms with Gasteiger partial charge in [0, 0.05) is 44.0 Å². The summed E-state index contributed by atoms with van der Waals surface area (Å²) in [5.74, 6) is -5.31. The minimum absolute atomic E-state index is 0. The number of aromatic nitrogens is 2. The van der Waals surface area contributed by atoms with Gasteiger partial charge in [-0.3, -0.25) is 14.4 Å². The summed E-state index contributed by atoms with van der Waals surface area (Å²) in [5.41, 5.74) is -4.53. The van der Waals surface area contributed by atoms with Crippen LogP contribution in [-0.2, 0) is 63.7 Å². The highest BCUT2D eigenvalue weighted by Gasteiger charge is 2.53. The number of ether oxygens (including phenoxy) is 7. The maximum atomic E-state index is 14.6. The fourth-order valence-electron chi connectivity index (χ4n) is 11.9. The van der Waals surface area contributed by atoms with E-state index in [-0.39, 0.29) is 44.0 Å². The molecule has 2 aromatic carbocycles. The van der Waals surface area contributed by atoms with Crippen LogP contribution in [0.15, 0.2) is 59.5 Å². The number of nitrogens with one attached hydrogen (secondary N) is 1. The maximum absolute atomic E-state index is 14.6. The number of sulfonamides is 1. The number of carbonyl (C=O) groups is 3. The van der Waals surface area contributed by atoms with Gasteiger partial charge in [-0.25, -0.2) is 17.8 Å². The predicted molar refractivity (Wildman–Crippen MR) is 308 cm³/mol. The molecule has 0 spiro atoms. The number of cyclic esters (lactones) is 1. The van der Waals surface area contributed by atoms with Gasteiger partial charge in [0.25, 0.3) is 10.0 Å². The average molecular weight is 1230 g/mol. The third kappa shape index (κ3) is 16.8. The van der Waals surface area contributed by atoms with Crippen LogP contribution in [0, 0.1) is 24.7 Å². The number of benzene rings is 2. The lowest BCUT2D eigenvalue weighted by molar-refractivity contribution is -0.319. The fraction of sp³-hybridized carbons (Fsp3) is 0.700. The van der Waals surface area contributed by atoms with E-state index in [1.54, 1.807) is 106 Å². The summed E-state index contributed by atoms with van der Waals surface area (Å²) >= 11 is 0. The SMILES string of the molecule is C.CC[C@H]1OC(=O)[C@H](C)[C@@H](O[C@H]2C[C@@](C)(OC)[C@@H](O)[C@H](C)O2)[C@H](C)[C@@H](O[C@@H]2O[C@H](C)CC(N(C)C)[C@H]2OC(=O)CCC(=O)NS(=O)(=O)c2ccc(-n3nc(C(F)(F)F)cc3-c3ccc(C)cc3)cc2)[C@](C)(O)C[C@@H](C)CN(C)[C@H](C)[C@@H](O)[C@]1(C)O. The zero-order valence-corrected chi connectivity index (χ0v) is 51.6. The molecule has 0 aliphatic carbocycles. The fourth-order valence-corrected chi connectivity index (χ4v) is 13.0. The lowest BCUT2D eigenvalue weighted by Gasteiger charge is -2.49. The third-order valence-electron chi connectivity index (χ3n) is 17.0. The summed E-state index contributed by atoms with van der Waals surface area (Å²) in [6.45, 7) is 18.9. The molecule has 1 amide bonds. The van der Waals surface area contributed by atoms with E-state index in [1.165, 1.54) is 26.2 Å². The Hall–Kier alpha value is -4.64. The predicted octanol–water partition coefficient (Wildman–Crippen LogP) is 6.55. The highest BCUT2D eigenvalue weighted by Crippen LogP contribution is 2.41. The van der Waals surface area contributed by atoms with Crippen molar-refractivity contribution >= 4 is 27.9 Å². The number of esters is 2. The number of methoxy groups -OCH3 is 1. The van der Waals surface area contributed by atoms with Crippen LogP contribution in [0.5, 0.6) is 0 Å². The van der Waals surface area contributed by atoms with Gasteiger partial charge < -0.3 is 63.4 Å². The van der Waals surface area contributed by atoms with Crippen molar-refractivity contribution in [3.63, 3.8) is 0 Å². The largest absolute Gasteiger partial charge is 0.459 e. The number of likely N-dealkylation sites (N-methyl/N-ethyl adjacent to an activating group) is 2. The molecule has 1 aromatic heterocycles. The van der Waals surface area contributed by atoms with Gasteiger partial charge in [-0.05, 0) is 132 Å². The number of rotatable bonds is 15. The number of aliphatic hydroxyl groups is 4. The van der Waals surface area contributed by atoms with Crippen LogP contribution in [0.1, 0.15) is 126 Å². The summed E-state index contributed by atoms with van der Waals surface area (Å²) < 4.78 is 116. The highest BCUT2D eigenvalue weighted by molar-refractivity contribution is 7.90. The first-order valence-corrected chi connectivity index (χ1v) is 30.1. The summed E-state index contributed by atoms with van der Waals surface area (Å²) in [6, 6.07) is 11.1. The van der Waals surface area contributed by atoms with Crippen LogP contribution >= 0.6 is 0 Å². The topological polar surface area (TPSA) is 267 Å². The summed E-state index contributed by atoms with van der Waals surface area (Å²) in [7, 11) is 2.16. The number of halogens is 3. The molecule has 0 saturated carbocycles. The quantitative estimate of drug-likeness (QED) is 0.101. The molecule has 3 aliphatic rings. The number of aryl methyl sites for hydroxylation is 1. The molecule has 21 nitrogen and oxygen atoms in total. The van der Waals surface area contributed by atoms with Crippen LogP contribution < -0.4 is 4.72 Å². The Labute approximate surface area is 498 Å². The van der Waals surface area contributed by atoms with Gasteiger partial charge in [-0.1, -0.05) is 58.0 Å². The molecule has 25 heteroatoms. The second-order valence-electron chi connectivity index (χ2n) is 24.3. The van der Waals surface area contributed by atoms with E-state index in [0.29, 0.717) is 18.5 Å². The molecular formula is C60H92F3N5O16S. The molecule has 4 heterocycles. The molecule has 5 N–H and O–H groups in total. The van der Waals surface area contributed by atoms with Crippen molar-refractivity contribution in [3.05, 3.63) is 65.9 Å². The molecule has 0 radical (unpaired) electrons. The van der Waals surface area contributed by atoms with Crippen LogP contribution in [0.25, 0.3) is 16.9 Å². The maximum Gasteiger partial charge on any atom is 0.435 e. The molecule has 1 unspecified atom stereocenters. The van der Waals surface area contributed by atoms with Crippen molar-refractivity contribution in [2.24, 2.45) is 17.8 Å². The molecule has 18 atom stereocenters. The van der Waals surface area contributed by atoms with E-state index >= 15 is 0 Å². The number of carbonyl (C=O) groups excluding carboxylic acids is 3. The van der Waals surface area contributed by atoms with Gasteiger partial charge >= 0.3 is 18.1 Å². The molecule has 0 bridgehead atoms. The summed E-state index contributed by atoms with van der Waals surface area (Å²) in [5, 5.41) is 51.5. The summed E-state index contributed by atoms with van der Waals surface area (Å²) in [6.07, 6.45) is -16.8. The number of alkyl halides is 3. The monoisotopic (exact) mass is 1230 g/mol. The van der Waals surface area contributed by atoms with Crippen LogP contribution in [0.2, 0.25) is 0 Å². The smallest absolute Gasteiger partial charge is 0.435 e. The van der Waals surface area contributed by atoms with Crippen LogP contribution in [-0.4, -0.2) is 191 Å². The van der Waals surface area contributed by atoms with Crippen molar-refractivity contribution in [3.8, 4) is 16.9 Å². The normalized spacial score (nSPS) is 35.0. The number of hydrogen-bond donors (Lipinski definition) is 5. The Morgan fingerprint density at radius 1 is 0.906 bits per heavy atom. The first-order valence-electron chi connectivity index (χ1n) is 28.6. The Morgan fingerprint density at radius 3 is 2.11 bits per heavy atom. The van der Waals surface area contributed by atoms with Gasteiger partial charge in [0.2, 0.25) is 5.91 Å². The number of hydrogen-bond acceptors (Lipinski definition) is 19. The van der Waals surface area contributed by atoms with Crippen LogP contribution in [0.3, 0.4) is 0 Å². The zero-order valence-electron chi connectivity index (χ0n) is 50.8. The number of amides is 1. The van der Waals surface area contributed by atoms with Gasteiger partial charge in [0.05, 0.1) is 70.3 Å². The average Bonchev–Trinajstić information content (AvgIpc) is 4.18. The molecule has 85 heavy (non-hydrogen) atoms. The first-order chi connectivity index (χ1) is 38.9. The summed E-state index contributed by atoms with van der Waals surface area (Å²) in [4.78, 5) is 45.2. The van der Waals surface area contributed by atoms with Crippen molar-refractivity contribution in [1.29, 1.82) is 0 Å². The van der Waals surface area contributed by atoms with Gasteiger partial charge in [0.1, 0.15) is 23.9 Å². The molecule has 480 valence electrons. The zero-order chi connectivity index (χ0) is 62.8. The van der Waals surface area contributed by atoms with Gasteiger partial charge in [-0.2, -0.15) is 18.3 Å². The van der Waals surface area contributed by atoms with E-state index in [4.69, 9.17) is 33.2 Å². The lowest BCUT2D eigenvalue weighted by Crippen LogP contribution is -2.61. The minimum atomic E-state index is -4.77. The van der Waals surface area contributed by atoms with E-state index in [9.17, 15) is 56.4 Å². The molecule has 3 saturated heterocycles. The van der Waals surface area contributed by atoms with E-state index in [2.05, 4.69) is 5.10 Å². The molecule has 3 aromatic rings. The molecule has 3 aliphatic heterocycles. The van der Waals surface area contributed by atoms with E-state index in [1.807, 2.05) is 23.5 Å². The van der Waals surface area contributed by atoms with Crippen molar-refractivity contribution in [1.82, 2.24) is 24.3 Å². The van der Waals surface area contributed by atoms with E-state index in [0.717, 1.165) is 28.4 Å². The Morgan fingerprint density at radius 2 is 1.53 bits per heavy atom. The highest BCUT2D eigenvalue weighted by atomic mass is 32.2. The van der Waals surface area contributed by atoms with Crippen molar-refractivity contribution in [2.45, 2.75) is 223 Å². The second-order valence-corrected chi connectivity index (χ2v) is 26.0. The third-order valence-corrected chi connectivity index (χ3v) is 18.4. The van der Waals surface area contributed by atoms with Crippen LogP contribution in [0.4, 0.5) is 13.2 Å². The standard InChI is InChI=1S/C59H88F3N5O16S.CH4/c1-16-45-58(11,74)51(70)37(7)66(14)31-33(3)29-56(9,73)53(35(5)49(36(6)54(72)80-45)82-48-30-57(10,77-15)52(71)38(8)79-48)83-55-50(43(65(12)13)27-34(4)78-55)81-47(69)26-25-46(68)64-84(75,76)41-23-21-40(22-24-41)67-42(28-44(63-67)59(60,61)62)39-19-17-32(2)18-20-39;/h17-24,28,33-38,43,45,48-53,55,70-71,73-74H,16,25-27,29-31H2,1-15H3,(H,64,68);1H4/t33-,34-,35+,36-,37-,38+,43?,45-,48+,49+,50-,51-,52+,53-,55+,56-,57-,58-;/m1./s1. The number of aliphatic hydroxyl groups excluding tert-OH is 2. The molecule has 6 rings (SSSR count). The van der Waals surface area contributed by atoms with Gasteiger partial charge in [-0.15, -0.1) is 0 Å². The van der Waals surface area contributed by atoms with Crippen molar-refractivity contribution in [2.75, 3.05) is 34.8 Å². The first kappa shape index (κ1) is 71.1. The Bertz CT molecular complexity index is 2820. The second kappa shape index (κ2) is 28.2. The lowest BCUT2D eigenvalue weighted by atomic mass is 9.77. The Kier molecular flexibility index (Phi) is 23.6.